The minimum atomic E-state index is -0.288. The number of unbranched alkanes of at least 4 members (excludes halogenated alkanes) is 2. The van der Waals surface area contributed by atoms with E-state index in [1.54, 1.807) is 0 Å². The number of benzene rings is 2. The highest BCUT2D eigenvalue weighted by molar-refractivity contribution is 6.61. The summed E-state index contributed by atoms with van der Waals surface area (Å²) in [7, 11) is -0.288. The van der Waals surface area contributed by atoms with Gasteiger partial charge in [-0.25, -0.2) is 0 Å². The van der Waals surface area contributed by atoms with Crippen molar-refractivity contribution in [2.45, 2.75) is 32.6 Å². The van der Waals surface area contributed by atoms with Crippen LogP contribution >= 0.6 is 34.8 Å². The summed E-state index contributed by atoms with van der Waals surface area (Å²) in [5.41, 5.74) is 2.96. The maximum Gasteiger partial charge on any atom is 0.493 e. The summed E-state index contributed by atoms with van der Waals surface area (Å²) >= 11 is 18.3. The van der Waals surface area contributed by atoms with Crippen LogP contribution in [0.25, 0.3) is 11.1 Å². The molecule has 0 amide bonds. The van der Waals surface area contributed by atoms with E-state index in [0.29, 0.717) is 21.0 Å². The van der Waals surface area contributed by atoms with E-state index in [0.717, 1.165) is 29.8 Å². The Morgan fingerprint density at radius 3 is 2.12 bits per heavy atom. The van der Waals surface area contributed by atoms with Crippen LogP contribution < -0.4 is 5.46 Å². The Balaban J connectivity index is 1.62. The van der Waals surface area contributed by atoms with Crippen LogP contribution in [0.4, 0.5) is 0 Å². The molecule has 1 fully saturated rings. The Bertz CT molecular complexity index is 705. The Kier molecular flexibility index (Phi) is 7.31. The molecule has 26 heavy (non-hydrogen) atoms. The lowest BCUT2D eigenvalue weighted by Crippen LogP contribution is -2.44. The molecular weight excluding hydrogens is 389 g/mol. The summed E-state index contributed by atoms with van der Waals surface area (Å²) in [5, 5.41) is 1.28. The van der Waals surface area contributed by atoms with Crippen LogP contribution in [-0.4, -0.2) is 20.3 Å². The molecule has 1 aliphatic rings. The molecule has 0 N–H and O–H groups in total. The van der Waals surface area contributed by atoms with Gasteiger partial charge in [-0.3, -0.25) is 0 Å². The maximum absolute atomic E-state index is 6.12. The first-order valence-electron chi connectivity index (χ1n) is 9.06. The first kappa shape index (κ1) is 20.0. The first-order chi connectivity index (χ1) is 12.6. The molecular formula is C20H22BCl3O2. The van der Waals surface area contributed by atoms with Crippen molar-refractivity contribution < 1.29 is 9.31 Å². The average molecular weight is 412 g/mol. The molecule has 0 atom stereocenters. The fourth-order valence-corrected chi connectivity index (χ4v) is 3.74. The lowest BCUT2D eigenvalue weighted by molar-refractivity contribution is 0.0811. The fourth-order valence-electron chi connectivity index (χ4n) is 3.14. The molecule has 0 radical (unpaired) electrons. The van der Waals surface area contributed by atoms with Gasteiger partial charge in [0.05, 0.1) is 15.1 Å². The fraction of sp³-hybridized carbons (Fsp3) is 0.400. The smallest absolute Gasteiger partial charge is 0.407 e. The molecule has 1 heterocycles. The van der Waals surface area contributed by atoms with Crippen LogP contribution in [-0.2, 0) is 9.31 Å². The van der Waals surface area contributed by atoms with Crippen LogP contribution in [0.1, 0.15) is 32.6 Å². The molecule has 138 valence electrons. The summed E-state index contributed by atoms with van der Waals surface area (Å²) < 4.78 is 11.8. The van der Waals surface area contributed by atoms with Gasteiger partial charge in [-0.2, -0.15) is 0 Å². The summed E-state index contributed by atoms with van der Waals surface area (Å²) in [6.45, 7) is 3.75. The molecule has 1 saturated heterocycles. The zero-order valence-electron chi connectivity index (χ0n) is 14.8. The topological polar surface area (TPSA) is 18.5 Å². The third kappa shape index (κ3) is 4.96. The molecule has 6 heteroatoms. The van der Waals surface area contributed by atoms with Gasteiger partial charge in [0, 0.05) is 19.1 Å². The van der Waals surface area contributed by atoms with Gasteiger partial charge in [0.2, 0.25) is 0 Å². The van der Waals surface area contributed by atoms with Crippen LogP contribution in [0.5, 0.6) is 0 Å². The molecule has 0 saturated carbocycles. The highest BCUT2D eigenvalue weighted by atomic mass is 35.5. The van der Waals surface area contributed by atoms with Crippen LogP contribution in [0.2, 0.25) is 15.1 Å². The minimum absolute atomic E-state index is 0.288. The Morgan fingerprint density at radius 2 is 1.54 bits per heavy atom. The predicted molar refractivity (Wildman–Crippen MR) is 112 cm³/mol. The third-order valence-electron chi connectivity index (χ3n) is 4.68. The zero-order chi connectivity index (χ0) is 18.5. The summed E-state index contributed by atoms with van der Waals surface area (Å²) in [5.74, 6) is 0.510. The molecule has 0 unspecified atom stereocenters. The molecule has 2 nitrogen and oxygen atoms in total. The Hall–Kier alpha value is -0.705. The highest BCUT2D eigenvalue weighted by Gasteiger charge is 2.28. The number of hydrogen-bond donors (Lipinski definition) is 0. The predicted octanol–water partition coefficient (Wildman–Crippen LogP) is 6.25. The minimum Gasteiger partial charge on any atom is -0.407 e. The average Bonchev–Trinajstić information content (AvgIpc) is 2.67. The number of halogens is 3. The van der Waals surface area contributed by atoms with Gasteiger partial charge in [-0.05, 0) is 35.1 Å². The highest BCUT2D eigenvalue weighted by Crippen LogP contribution is 2.34. The Morgan fingerprint density at radius 1 is 0.923 bits per heavy atom. The molecule has 2 aromatic rings. The normalized spacial score (nSPS) is 15.5. The van der Waals surface area contributed by atoms with Crippen LogP contribution in [0.15, 0.2) is 36.4 Å². The molecule has 0 aliphatic carbocycles. The van der Waals surface area contributed by atoms with Crippen molar-refractivity contribution in [2.75, 3.05) is 13.2 Å². The monoisotopic (exact) mass is 410 g/mol. The molecule has 0 bridgehead atoms. The number of rotatable bonds is 6. The van der Waals surface area contributed by atoms with E-state index in [-0.39, 0.29) is 7.12 Å². The molecule has 0 aromatic heterocycles. The second-order valence-corrected chi connectivity index (χ2v) is 7.93. The van der Waals surface area contributed by atoms with Crippen molar-refractivity contribution in [2.24, 2.45) is 5.92 Å². The van der Waals surface area contributed by atoms with E-state index in [2.05, 4.69) is 6.92 Å². The van der Waals surface area contributed by atoms with Gasteiger partial charge in [0.15, 0.2) is 0 Å². The van der Waals surface area contributed by atoms with E-state index in [4.69, 9.17) is 44.1 Å². The standard InChI is InChI=1S/C20H22BCl3O2/c1-2-3-4-5-14-12-25-21(26-13-14)17-8-6-15(7-9-17)16-10-18(22)20(24)19(23)11-16/h6-11,14H,2-5,12-13H2,1H3. The SMILES string of the molecule is CCCCCC1COB(c2ccc(-c3cc(Cl)c(Cl)c(Cl)c3)cc2)OC1. The largest absolute Gasteiger partial charge is 0.493 e. The van der Waals surface area contributed by atoms with E-state index in [1.165, 1.54) is 25.7 Å². The lowest BCUT2D eigenvalue weighted by atomic mass is 9.76. The second kappa shape index (κ2) is 9.48. The van der Waals surface area contributed by atoms with Crippen LogP contribution in [0.3, 0.4) is 0 Å². The van der Waals surface area contributed by atoms with Gasteiger partial charge in [0.25, 0.3) is 0 Å². The molecule has 0 spiro atoms. The van der Waals surface area contributed by atoms with Crippen molar-refractivity contribution >= 4 is 47.4 Å². The zero-order valence-corrected chi connectivity index (χ0v) is 17.1. The van der Waals surface area contributed by atoms with Crippen molar-refractivity contribution in [1.29, 1.82) is 0 Å². The second-order valence-electron chi connectivity index (χ2n) is 6.74. The summed E-state index contributed by atoms with van der Waals surface area (Å²) in [4.78, 5) is 0. The summed E-state index contributed by atoms with van der Waals surface area (Å²) in [6.07, 6.45) is 4.95. The lowest BCUT2D eigenvalue weighted by Gasteiger charge is -2.27. The molecule has 3 rings (SSSR count). The van der Waals surface area contributed by atoms with Gasteiger partial charge in [0.1, 0.15) is 0 Å². The van der Waals surface area contributed by atoms with Gasteiger partial charge >= 0.3 is 7.12 Å². The van der Waals surface area contributed by atoms with Gasteiger partial charge in [-0.15, -0.1) is 0 Å². The first-order valence-corrected chi connectivity index (χ1v) is 10.2. The molecule has 1 aliphatic heterocycles. The van der Waals surface area contributed by atoms with Gasteiger partial charge in [-0.1, -0.05) is 85.3 Å². The summed E-state index contributed by atoms with van der Waals surface area (Å²) in [6, 6.07) is 11.7. The van der Waals surface area contributed by atoms with Crippen molar-refractivity contribution in [1.82, 2.24) is 0 Å². The van der Waals surface area contributed by atoms with E-state index in [1.807, 2.05) is 36.4 Å². The van der Waals surface area contributed by atoms with Crippen molar-refractivity contribution in [3.05, 3.63) is 51.5 Å². The third-order valence-corrected chi connectivity index (χ3v) is 5.88. The molecule has 2 aromatic carbocycles. The number of hydrogen-bond acceptors (Lipinski definition) is 2. The van der Waals surface area contributed by atoms with Crippen LogP contribution in [0, 0.1) is 5.92 Å². The maximum atomic E-state index is 6.12. The Labute approximate surface area is 170 Å². The van der Waals surface area contributed by atoms with E-state index in [9.17, 15) is 0 Å². The quantitative estimate of drug-likeness (QED) is 0.318. The van der Waals surface area contributed by atoms with E-state index < -0.39 is 0 Å². The van der Waals surface area contributed by atoms with Crippen molar-refractivity contribution in [3.63, 3.8) is 0 Å². The van der Waals surface area contributed by atoms with E-state index >= 15 is 0 Å². The van der Waals surface area contributed by atoms with Gasteiger partial charge < -0.3 is 9.31 Å². The van der Waals surface area contributed by atoms with Crippen molar-refractivity contribution in [3.8, 4) is 11.1 Å².